The lowest BCUT2D eigenvalue weighted by Gasteiger charge is -2.27. The van der Waals surface area contributed by atoms with Gasteiger partial charge in [-0.3, -0.25) is 0 Å². The Balaban J connectivity index is 1.97. The molecule has 1 N–H and O–H groups in total. The summed E-state index contributed by atoms with van der Waals surface area (Å²) in [4.78, 5) is 0. The summed E-state index contributed by atoms with van der Waals surface area (Å²) in [5.74, 6) is 1.48. The van der Waals surface area contributed by atoms with E-state index in [-0.39, 0.29) is 0 Å². The van der Waals surface area contributed by atoms with Gasteiger partial charge in [-0.2, -0.15) is 0 Å². The summed E-state index contributed by atoms with van der Waals surface area (Å²) >= 11 is 0. The van der Waals surface area contributed by atoms with Crippen LogP contribution in [0.1, 0.15) is 49.7 Å². The highest BCUT2D eigenvalue weighted by Crippen LogP contribution is 2.29. The number of nitrogens with one attached hydrogen (secondary N) is 1. The lowest BCUT2D eigenvalue weighted by atomic mass is 9.85. The molecule has 0 saturated carbocycles. The van der Waals surface area contributed by atoms with E-state index in [0.29, 0.717) is 5.92 Å². The first-order valence-corrected chi connectivity index (χ1v) is 8.14. The van der Waals surface area contributed by atoms with Crippen LogP contribution in [-0.4, -0.2) is 26.3 Å². The average Bonchev–Trinajstić information content (AvgIpc) is 2.48. The lowest BCUT2D eigenvalue weighted by molar-refractivity contribution is 0.0616. The second-order valence-corrected chi connectivity index (χ2v) is 6.10. The Morgan fingerprint density at radius 1 is 1.20 bits per heavy atom. The van der Waals surface area contributed by atoms with Crippen molar-refractivity contribution in [2.24, 2.45) is 5.92 Å². The number of aryl methyl sites for hydroxylation is 1. The highest BCUT2D eigenvalue weighted by atomic mass is 16.5. The monoisotopic (exact) mass is 275 g/mol. The second-order valence-electron chi connectivity index (χ2n) is 6.10. The van der Waals surface area contributed by atoms with Crippen molar-refractivity contribution in [1.82, 2.24) is 5.32 Å². The van der Waals surface area contributed by atoms with Crippen molar-refractivity contribution in [3.63, 3.8) is 0 Å². The van der Waals surface area contributed by atoms with Gasteiger partial charge in [-0.05, 0) is 56.6 Å². The van der Waals surface area contributed by atoms with E-state index in [2.05, 4.69) is 43.4 Å². The van der Waals surface area contributed by atoms with Crippen molar-refractivity contribution in [2.45, 2.75) is 45.4 Å². The van der Waals surface area contributed by atoms with Crippen LogP contribution in [0.15, 0.2) is 24.3 Å². The highest BCUT2D eigenvalue weighted by Gasteiger charge is 2.20. The Morgan fingerprint density at radius 3 is 2.55 bits per heavy atom. The summed E-state index contributed by atoms with van der Waals surface area (Å²) < 4.78 is 5.49. The fourth-order valence-corrected chi connectivity index (χ4v) is 3.01. The number of rotatable bonds is 7. The van der Waals surface area contributed by atoms with Crippen molar-refractivity contribution >= 4 is 0 Å². The van der Waals surface area contributed by atoms with Crippen molar-refractivity contribution in [3.8, 4) is 0 Å². The third kappa shape index (κ3) is 4.92. The third-order valence-electron chi connectivity index (χ3n) is 4.32. The molecule has 1 aliphatic heterocycles. The van der Waals surface area contributed by atoms with E-state index < -0.39 is 0 Å². The van der Waals surface area contributed by atoms with Gasteiger partial charge in [0.25, 0.3) is 0 Å². The molecule has 0 spiro atoms. The molecule has 1 unspecified atom stereocenters. The molecule has 20 heavy (non-hydrogen) atoms. The van der Waals surface area contributed by atoms with Crippen molar-refractivity contribution in [3.05, 3.63) is 35.4 Å². The molecule has 1 aromatic carbocycles. The van der Waals surface area contributed by atoms with Gasteiger partial charge in [0.2, 0.25) is 0 Å². The quantitative estimate of drug-likeness (QED) is 0.762. The van der Waals surface area contributed by atoms with Crippen LogP contribution >= 0.6 is 0 Å². The Morgan fingerprint density at radius 2 is 1.90 bits per heavy atom. The minimum absolute atomic E-state index is 0.644. The fourth-order valence-electron chi connectivity index (χ4n) is 3.01. The summed E-state index contributed by atoms with van der Waals surface area (Å²) in [6.45, 7) is 8.52. The van der Waals surface area contributed by atoms with E-state index in [1.165, 1.54) is 36.8 Å². The maximum absolute atomic E-state index is 5.49. The molecule has 1 aliphatic rings. The van der Waals surface area contributed by atoms with Gasteiger partial charge in [0.1, 0.15) is 0 Å². The highest BCUT2D eigenvalue weighted by molar-refractivity contribution is 5.25. The predicted molar refractivity (Wildman–Crippen MR) is 85.2 cm³/mol. The first kappa shape index (κ1) is 15.5. The number of benzene rings is 1. The van der Waals surface area contributed by atoms with Gasteiger partial charge in [-0.25, -0.2) is 0 Å². The largest absolute Gasteiger partial charge is 0.381 e. The minimum atomic E-state index is 0.644. The third-order valence-corrected chi connectivity index (χ3v) is 4.32. The average molecular weight is 275 g/mol. The summed E-state index contributed by atoms with van der Waals surface area (Å²) in [5.41, 5.74) is 2.84. The van der Waals surface area contributed by atoms with Crippen molar-refractivity contribution < 1.29 is 4.74 Å². The normalized spacial score (nSPS) is 18.1. The molecular weight excluding hydrogens is 246 g/mol. The van der Waals surface area contributed by atoms with E-state index in [1.54, 1.807) is 0 Å². The molecule has 0 radical (unpaired) electrons. The molecule has 1 fully saturated rings. The topological polar surface area (TPSA) is 21.3 Å². The molecule has 1 atom stereocenters. The SMILES string of the molecule is CCCNCC(CC1CCOCC1)c1ccc(C)cc1. The maximum Gasteiger partial charge on any atom is 0.0468 e. The van der Waals surface area contributed by atoms with Crippen LogP contribution < -0.4 is 5.32 Å². The molecule has 1 heterocycles. The summed E-state index contributed by atoms with van der Waals surface area (Å²) in [6.07, 6.45) is 4.97. The van der Waals surface area contributed by atoms with Crippen LogP contribution in [-0.2, 0) is 4.74 Å². The molecule has 2 nitrogen and oxygen atoms in total. The van der Waals surface area contributed by atoms with E-state index in [9.17, 15) is 0 Å². The number of hydrogen-bond acceptors (Lipinski definition) is 2. The van der Waals surface area contributed by atoms with E-state index in [1.807, 2.05) is 0 Å². The smallest absolute Gasteiger partial charge is 0.0468 e. The van der Waals surface area contributed by atoms with Gasteiger partial charge < -0.3 is 10.1 Å². The van der Waals surface area contributed by atoms with Crippen LogP contribution in [0.25, 0.3) is 0 Å². The lowest BCUT2D eigenvalue weighted by Crippen LogP contribution is -2.26. The zero-order chi connectivity index (χ0) is 14.2. The molecule has 1 aromatic rings. The number of hydrogen-bond donors (Lipinski definition) is 1. The van der Waals surface area contributed by atoms with Crippen LogP contribution in [0.2, 0.25) is 0 Å². The Hall–Kier alpha value is -0.860. The molecule has 112 valence electrons. The van der Waals surface area contributed by atoms with Crippen LogP contribution in [0, 0.1) is 12.8 Å². The predicted octanol–water partition coefficient (Wildman–Crippen LogP) is 3.89. The van der Waals surface area contributed by atoms with Crippen LogP contribution in [0.3, 0.4) is 0 Å². The van der Waals surface area contributed by atoms with E-state index in [0.717, 1.165) is 32.2 Å². The molecule has 0 amide bonds. The molecule has 0 aromatic heterocycles. The zero-order valence-corrected chi connectivity index (χ0v) is 13.0. The van der Waals surface area contributed by atoms with E-state index >= 15 is 0 Å². The zero-order valence-electron chi connectivity index (χ0n) is 13.0. The molecular formula is C18H29NO. The molecule has 2 rings (SSSR count). The summed E-state index contributed by atoms with van der Waals surface area (Å²) in [5, 5.41) is 3.61. The van der Waals surface area contributed by atoms with Gasteiger partial charge in [0.15, 0.2) is 0 Å². The molecule has 1 saturated heterocycles. The van der Waals surface area contributed by atoms with Crippen molar-refractivity contribution in [2.75, 3.05) is 26.3 Å². The fraction of sp³-hybridized carbons (Fsp3) is 0.667. The number of ether oxygens (including phenoxy) is 1. The first-order valence-electron chi connectivity index (χ1n) is 8.14. The first-order chi connectivity index (χ1) is 9.79. The Bertz CT molecular complexity index is 368. The molecule has 0 bridgehead atoms. The standard InChI is InChI=1S/C18H29NO/c1-3-10-19-14-18(13-16-8-11-20-12-9-16)17-6-4-15(2)5-7-17/h4-7,16,18-19H,3,8-14H2,1-2H3. The van der Waals surface area contributed by atoms with Crippen LogP contribution in [0.4, 0.5) is 0 Å². The summed E-state index contributed by atoms with van der Waals surface area (Å²) in [6, 6.07) is 9.11. The minimum Gasteiger partial charge on any atom is -0.381 e. The Kier molecular flexibility index (Phi) is 6.55. The van der Waals surface area contributed by atoms with Gasteiger partial charge in [0.05, 0.1) is 0 Å². The van der Waals surface area contributed by atoms with Crippen LogP contribution in [0.5, 0.6) is 0 Å². The van der Waals surface area contributed by atoms with Crippen molar-refractivity contribution in [1.29, 1.82) is 0 Å². The maximum atomic E-state index is 5.49. The molecule has 2 heteroatoms. The molecule has 0 aliphatic carbocycles. The summed E-state index contributed by atoms with van der Waals surface area (Å²) in [7, 11) is 0. The Labute approximate surface area is 123 Å². The van der Waals surface area contributed by atoms with Gasteiger partial charge in [-0.1, -0.05) is 36.8 Å². The van der Waals surface area contributed by atoms with E-state index in [4.69, 9.17) is 4.74 Å². The van der Waals surface area contributed by atoms with Gasteiger partial charge in [-0.15, -0.1) is 0 Å². The second kappa shape index (κ2) is 8.43. The van der Waals surface area contributed by atoms with Gasteiger partial charge >= 0.3 is 0 Å². The van der Waals surface area contributed by atoms with Gasteiger partial charge in [0, 0.05) is 19.8 Å².